The van der Waals surface area contributed by atoms with E-state index < -0.39 is 0 Å². The number of amides is 1. The van der Waals surface area contributed by atoms with Crippen molar-refractivity contribution in [1.82, 2.24) is 14.9 Å². The van der Waals surface area contributed by atoms with E-state index in [0.29, 0.717) is 23.5 Å². The van der Waals surface area contributed by atoms with E-state index in [2.05, 4.69) is 16.9 Å². The molecule has 120 valence electrons. The van der Waals surface area contributed by atoms with Gasteiger partial charge >= 0.3 is 0 Å². The van der Waals surface area contributed by atoms with Crippen molar-refractivity contribution >= 4 is 5.91 Å². The average Bonchev–Trinajstić information content (AvgIpc) is 2.82. The maximum absolute atomic E-state index is 12.9. The van der Waals surface area contributed by atoms with E-state index in [4.69, 9.17) is 4.74 Å². The molecule has 2 heterocycles. The lowest BCUT2D eigenvalue weighted by Crippen LogP contribution is -2.46. The van der Waals surface area contributed by atoms with Crippen molar-refractivity contribution < 1.29 is 9.53 Å². The molecule has 0 N–H and O–H groups in total. The van der Waals surface area contributed by atoms with E-state index in [0.717, 1.165) is 37.9 Å². The third kappa shape index (κ3) is 2.51. The van der Waals surface area contributed by atoms with Crippen molar-refractivity contribution in [2.45, 2.75) is 58.6 Å². The molecule has 3 rings (SSSR count). The number of rotatable bonds is 2. The molecule has 0 unspecified atom stereocenters. The van der Waals surface area contributed by atoms with Gasteiger partial charge in [0.1, 0.15) is 5.82 Å². The Hall–Kier alpha value is -1.49. The van der Waals surface area contributed by atoms with Gasteiger partial charge in [0.15, 0.2) is 0 Å². The van der Waals surface area contributed by atoms with Crippen LogP contribution in [-0.4, -0.2) is 46.6 Å². The Bertz CT molecular complexity index is 589. The maximum atomic E-state index is 12.9. The van der Waals surface area contributed by atoms with Gasteiger partial charge in [0.05, 0.1) is 17.4 Å². The minimum absolute atomic E-state index is 0.0853. The average molecular weight is 303 g/mol. The Morgan fingerprint density at radius 2 is 2.18 bits per heavy atom. The second kappa shape index (κ2) is 5.61. The van der Waals surface area contributed by atoms with Crippen LogP contribution in [0, 0.1) is 19.3 Å². The number of fused-ring (bicyclic) bond motifs is 1. The van der Waals surface area contributed by atoms with Gasteiger partial charge in [-0.1, -0.05) is 6.92 Å². The molecule has 5 nitrogen and oxygen atoms in total. The van der Waals surface area contributed by atoms with Crippen molar-refractivity contribution in [2.75, 3.05) is 13.7 Å². The predicted molar refractivity (Wildman–Crippen MR) is 83.7 cm³/mol. The number of nitrogens with zero attached hydrogens (tertiary/aromatic N) is 3. The van der Waals surface area contributed by atoms with E-state index >= 15 is 0 Å². The summed E-state index contributed by atoms with van der Waals surface area (Å²) in [6.07, 6.45) is 6.16. The van der Waals surface area contributed by atoms with Crippen molar-refractivity contribution in [3.63, 3.8) is 0 Å². The van der Waals surface area contributed by atoms with Gasteiger partial charge in [-0.2, -0.15) is 0 Å². The third-order valence-corrected chi connectivity index (χ3v) is 5.48. The highest BCUT2D eigenvalue weighted by molar-refractivity contribution is 5.95. The normalized spacial score (nSPS) is 31.2. The first-order chi connectivity index (χ1) is 10.4. The molecule has 1 aliphatic heterocycles. The summed E-state index contributed by atoms with van der Waals surface area (Å²) in [5.41, 5.74) is 1.59. The number of methoxy groups -OCH3 is 1. The van der Waals surface area contributed by atoms with Gasteiger partial charge in [-0.25, -0.2) is 9.97 Å². The zero-order valence-electron chi connectivity index (χ0n) is 13.9. The fourth-order valence-electron chi connectivity index (χ4n) is 4.17. The summed E-state index contributed by atoms with van der Waals surface area (Å²) >= 11 is 0. The van der Waals surface area contributed by atoms with Gasteiger partial charge in [-0.15, -0.1) is 0 Å². The second-order valence-electron chi connectivity index (χ2n) is 6.97. The van der Waals surface area contributed by atoms with Gasteiger partial charge < -0.3 is 9.64 Å². The first-order valence-corrected chi connectivity index (χ1v) is 8.08. The van der Waals surface area contributed by atoms with Crippen LogP contribution in [0.3, 0.4) is 0 Å². The molecule has 1 aliphatic carbocycles. The van der Waals surface area contributed by atoms with Crippen LogP contribution in [0.4, 0.5) is 0 Å². The molecular weight excluding hydrogens is 278 g/mol. The fraction of sp³-hybridized carbons (Fsp3) is 0.706. The number of aryl methyl sites for hydroxylation is 2. The summed E-state index contributed by atoms with van der Waals surface area (Å²) in [5, 5.41) is 0. The molecule has 2 aliphatic rings. The van der Waals surface area contributed by atoms with Gasteiger partial charge in [0.25, 0.3) is 5.91 Å². The molecule has 2 fully saturated rings. The molecule has 1 aromatic heterocycles. The first-order valence-electron chi connectivity index (χ1n) is 8.08. The lowest BCUT2D eigenvalue weighted by Gasteiger charge is -2.42. The van der Waals surface area contributed by atoms with Gasteiger partial charge in [0.2, 0.25) is 0 Å². The van der Waals surface area contributed by atoms with Crippen LogP contribution in [0.2, 0.25) is 0 Å². The summed E-state index contributed by atoms with van der Waals surface area (Å²) in [7, 11) is 1.79. The summed E-state index contributed by atoms with van der Waals surface area (Å²) in [5.74, 6) is 0.794. The molecule has 0 spiro atoms. The summed E-state index contributed by atoms with van der Waals surface area (Å²) in [4.78, 5) is 23.5. The van der Waals surface area contributed by atoms with Crippen LogP contribution >= 0.6 is 0 Å². The number of hydrogen-bond acceptors (Lipinski definition) is 4. The molecule has 1 amide bonds. The topological polar surface area (TPSA) is 55.3 Å². The molecule has 3 atom stereocenters. The summed E-state index contributed by atoms with van der Waals surface area (Å²) in [6, 6.07) is 0.312. The zero-order chi connectivity index (χ0) is 15.9. The maximum Gasteiger partial charge on any atom is 0.257 e. The van der Waals surface area contributed by atoms with E-state index in [-0.39, 0.29) is 11.3 Å². The summed E-state index contributed by atoms with van der Waals surface area (Å²) < 4.78 is 5.55. The minimum atomic E-state index is 0.0853. The Morgan fingerprint density at radius 3 is 2.86 bits per heavy atom. The number of carbonyl (C=O) groups is 1. The van der Waals surface area contributed by atoms with Gasteiger partial charge in [-0.05, 0) is 44.9 Å². The second-order valence-corrected chi connectivity index (χ2v) is 6.97. The van der Waals surface area contributed by atoms with Crippen molar-refractivity contribution in [3.8, 4) is 0 Å². The van der Waals surface area contributed by atoms with E-state index in [1.165, 1.54) is 0 Å². The van der Waals surface area contributed by atoms with Crippen LogP contribution in [0.1, 0.15) is 54.5 Å². The molecule has 0 bridgehead atoms. The monoisotopic (exact) mass is 303 g/mol. The quantitative estimate of drug-likeness (QED) is 0.842. The Kier molecular flexibility index (Phi) is 3.93. The lowest BCUT2D eigenvalue weighted by molar-refractivity contribution is -0.00280. The summed E-state index contributed by atoms with van der Waals surface area (Å²) in [6.45, 7) is 6.86. The van der Waals surface area contributed by atoms with E-state index in [1.54, 1.807) is 13.3 Å². The molecule has 1 saturated carbocycles. The van der Waals surface area contributed by atoms with Gasteiger partial charge in [0, 0.05) is 25.9 Å². The molecule has 1 saturated heterocycles. The number of likely N-dealkylation sites (tertiary alicyclic amines) is 1. The molecule has 22 heavy (non-hydrogen) atoms. The Morgan fingerprint density at radius 1 is 1.41 bits per heavy atom. The van der Waals surface area contributed by atoms with Crippen LogP contribution < -0.4 is 0 Å². The highest BCUT2D eigenvalue weighted by Gasteiger charge is 2.49. The largest absolute Gasteiger partial charge is 0.381 e. The number of carbonyl (C=O) groups excluding carboxylic acids is 1. The van der Waals surface area contributed by atoms with E-state index in [9.17, 15) is 4.79 Å². The predicted octanol–water partition coefficient (Wildman–Crippen LogP) is 2.51. The van der Waals surface area contributed by atoms with Crippen molar-refractivity contribution in [2.24, 2.45) is 5.41 Å². The Balaban J connectivity index is 1.83. The molecule has 5 heteroatoms. The minimum Gasteiger partial charge on any atom is -0.381 e. The Labute approximate surface area is 132 Å². The highest BCUT2D eigenvalue weighted by Crippen LogP contribution is 2.47. The number of aromatic nitrogens is 2. The van der Waals surface area contributed by atoms with Crippen LogP contribution in [0.5, 0.6) is 0 Å². The first kappa shape index (κ1) is 15.4. The molecule has 1 aromatic rings. The van der Waals surface area contributed by atoms with Crippen LogP contribution in [0.15, 0.2) is 6.20 Å². The van der Waals surface area contributed by atoms with E-state index in [1.807, 2.05) is 18.7 Å². The standard InChI is InChI=1S/C17H25N3O2/c1-11-14(10-18-12(2)19-11)16(21)20-8-7-17(3)9-13(22-4)5-6-15(17)20/h10,13,15H,5-9H2,1-4H3/t13-,15-,17+/m1/s1. The van der Waals surface area contributed by atoms with Crippen LogP contribution in [0.25, 0.3) is 0 Å². The molecule has 0 aromatic carbocycles. The number of hydrogen-bond donors (Lipinski definition) is 0. The lowest BCUT2D eigenvalue weighted by atomic mass is 9.71. The number of ether oxygens (including phenoxy) is 1. The van der Waals surface area contributed by atoms with Gasteiger partial charge in [-0.3, -0.25) is 4.79 Å². The smallest absolute Gasteiger partial charge is 0.257 e. The van der Waals surface area contributed by atoms with Crippen LogP contribution in [-0.2, 0) is 4.74 Å². The zero-order valence-corrected chi connectivity index (χ0v) is 13.9. The van der Waals surface area contributed by atoms with Crippen molar-refractivity contribution in [3.05, 3.63) is 23.3 Å². The van der Waals surface area contributed by atoms with Crippen molar-refractivity contribution in [1.29, 1.82) is 0 Å². The third-order valence-electron chi connectivity index (χ3n) is 5.48. The SMILES string of the molecule is CO[C@@H]1CC[C@H]2N(C(=O)c3cnc(C)nc3C)CC[C@@]2(C)C1. The highest BCUT2D eigenvalue weighted by atomic mass is 16.5. The fourth-order valence-corrected chi connectivity index (χ4v) is 4.17. The molecule has 0 radical (unpaired) electrons. The molecular formula is C17H25N3O2.